The highest BCUT2D eigenvalue weighted by atomic mass is 19.4. The highest BCUT2D eigenvalue weighted by molar-refractivity contribution is 5.94. The first kappa shape index (κ1) is 12.9. The van der Waals surface area contributed by atoms with Crippen LogP contribution in [0.1, 0.15) is 10.4 Å². The largest absolute Gasteiger partial charge is 0.493 e. The molecule has 17 heavy (non-hydrogen) atoms. The number of hydroxylamine groups is 1. The van der Waals surface area contributed by atoms with Crippen LogP contribution in [0.3, 0.4) is 0 Å². The number of alkyl halides is 3. The van der Waals surface area contributed by atoms with E-state index in [1.54, 1.807) is 0 Å². The van der Waals surface area contributed by atoms with Gasteiger partial charge in [0.15, 0.2) is 0 Å². The first-order chi connectivity index (χ1) is 7.82. The summed E-state index contributed by atoms with van der Waals surface area (Å²) in [5, 5.41) is 0. The summed E-state index contributed by atoms with van der Waals surface area (Å²) in [6.07, 6.45) is -5.23. The van der Waals surface area contributed by atoms with E-state index in [9.17, 15) is 27.2 Å². The van der Waals surface area contributed by atoms with Gasteiger partial charge in [-0.2, -0.15) is 18.7 Å². The maximum absolute atomic E-state index is 13.0. The number of hydrogen-bond donors (Lipinski definition) is 1. The molecule has 0 aliphatic heterocycles. The van der Waals surface area contributed by atoms with Gasteiger partial charge in [-0.25, -0.2) is 9.18 Å². The van der Waals surface area contributed by atoms with Gasteiger partial charge < -0.3 is 4.84 Å². The zero-order chi connectivity index (χ0) is 13.1. The van der Waals surface area contributed by atoms with Crippen LogP contribution in [0.4, 0.5) is 17.6 Å². The van der Waals surface area contributed by atoms with E-state index < -0.39 is 29.4 Å². The van der Waals surface area contributed by atoms with E-state index in [2.05, 4.69) is 4.84 Å². The highest BCUT2D eigenvalue weighted by Crippen LogP contribution is 2.15. The second-order valence-corrected chi connectivity index (χ2v) is 2.80. The predicted octanol–water partition coefficient (Wildman–Crippen LogP) is 1.58. The Morgan fingerprint density at radius 3 is 2.29 bits per heavy atom. The summed E-state index contributed by atoms with van der Waals surface area (Å²) >= 11 is 0. The molecular formula is C9H5F4NO3. The van der Waals surface area contributed by atoms with Gasteiger partial charge in [-0.3, -0.25) is 4.79 Å². The number of benzene rings is 1. The number of hydrogen-bond acceptors (Lipinski definition) is 3. The Bertz CT molecular complexity index is 444. The summed E-state index contributed by atoms with van der Waals surface area (Å²) < 4.78 is 48.0. The topological polar surface area (TPSA) is 55.4 Å². The van der Waals surface area contributed by atoms with E-state index in [1.807, 2.05) is 0 Å². The van der Waals surface area contributed by atoms with Gasteiger partial charge >= 0.3 is 12.1 Å². The van der Waals surface area contributed by atoms with E-state index in [0.717, 1.165) is 12.1 Å². The first-order valence-corrected chi connectivity index (χ1v) is 4.15. The summed E-state index contributed by atoms with van der Waals surface area (Å²) in [4.78, 5) is 24.8. The Morgan fingerprint density at radius 1 is 1.18 bits per heavy atom. The van der Waals surface area contributed by atoms with Crippen LogP contribution in [0.25, 0.3) is 0 Å². The molecule has 0 unspecified atom stereocenters. The van der Waals surface area contributed by atoms with Crippen molar-refractivity contribution in [2.45, 2.75) is 6.18 Å². The van der Waals surface area contributed by atoms with Crippen molar-refractivity contribution in [3.63, 3.8) is 0 Å². The van der Waals surface area contributed by atoms with Crippen LogP contribution >= 0.6 is 0 Å². The van der Waals surface area contributed by atoms with Crippen molar-refractivity contribution in [3.8, 4) is 0 Å². The van der Waals surface area contributed by atoms with Crippen LogP contribution in [-0.2, 0) is 9.63 Å². The molecule has 0 saturated carbocycles. The summed E-state index contributed by atoms with van der Waals surface area (Å²) in [5.74, 6) is -4.84. The minimum Gasteiger partial charge on any atom is -0.332 e. The number of nitrogens with one attached hydrogen (secondary N) is 1. The molecule has 8 heteroatoms. The van der Waals surface area contributed by atoms with Crippen molar-refractivity contribution < 1.29 is 32.0 Å². The summed E-state index contributed by atoms with van der Waals surface area (Å²) in [5.41, 5.74) is 0.658. The van der Waals surface area contributed by atoms with Crippen molar-refractivity contribution in [2.75, 3.05) is 0 Å². The molecule has 1 amide bonds. The fourth-order valence-corrected chi connectivity index (χ4v) is 0.851. The maximum Gasteiger partial charge on any atom is 0.493 e. The Labute approximate surface area is 92.1 Å². The molecule has 0 aromatic heterocycles. The minimum absolute atomic E-state index is 0.539. The quantitative estimate of drug-likeness (QED) is 0.609. The standard InChI is InChI=1S/C9H5F4NO3/c10-6-4-2-1-3-5(6)7(15)14-17-8(16)9(11,12)13/h1-4H,(H,14,15). The lowest BCUT2D eigenvalue weighted by Gasteiger charge is -2.07. The molecule has 0 radical (unpaired) electrons. The van der Waals surface area contributed by atoms with Gasteiger partial charge in [0, 0.05) is 0 Å². The molecule has 1 rings (SSSR count). The predicted molar refractivity (Wildman–Crippen MR) is 46.0 cm³/mol. The Kier molecular flexibility index (Phi) is 3.66. The van der Waals surface area contributed by atoms with Crippen LogP contribution in [-0.4, -0.2) is 18.1 Å². The maximum atomic E-state index is 13.0. The van der Waals surface area contributed by atoms with Gasteiger partial charge in [-0.15, -0.1) is 0 Å². The van der Waals surface area contributed by atoms with Crippen molar-refractivity contribution in [2.24, 2.45) is 0 Å². The van der Waals surface area contributed by atoms with Gasteiger partial charge in [-0.05, 0) is 12.1 Å². The molecule has 1 aromatic rings. The molecular weight excluding hydrogens is 246 g/mol. The molecule has 0 spiro atoms. The molecule has 0 aliphatic carbocycles. The van der Waals surface area contributed by atoms with Crippen LogP contribution in [0.15, 0.2) is 24.3 Å². The Balaban J connectivity index is 2.63. The number of amides is 1. The monoisotopic (exact) mass is 251 g/mol. The normalized spacial score (nSPS) is 10.8. The van der Waals surface area contributed by atoms with Gasteiger partial charge in [0.1, 0.15) is 5.82 Å². The Hall–Kier alpha value is -2.12. The molecule has 1 N–H and O–H groups in total. The van der Waals surface area contributed by atoms with E-state index >= 15 is 0 Å². The number of rotatable bonds is 1. The average Bonchev–Trinajstić information content (AvgIpc) is 2.24. The lowest BCUT2D eigenvalue weighted by molar-refractivity contribution is -0.204. The third-order valence-corrected chi connectivity index (χ3v) is 1.59. The van der Waals surface area contributed by atoms with Crippen molar-refractivity contribution >= 4 is 11.9 Å². The molecule has 0 saturated heterocycles. The molecule has 1 aromatic carbocycles. The van der Waals surface area contributed by atoms with Crippen molar-refractivity contribution in [3.05, 3.63) is 35.6 Å². The lowest BCUT2D eigenvalue weighted by atomic mass is 10.2. The van der Waals surface area contributed by atoms with Gasteiger partial charge in [0.2, 0.25) is 0 Å². The molecule has 4 nitrogen and oxygen atoms in total. The van der Waals surface area contributed by atoms with Crippen LogP contribution < -0.4 is 5.48 Å². The summed E-state index contributed by atoms with van der Waals surface area (Å²) in [6, 6.07) is 4.53. The minimum atomic E-state index is -5.23. The highest BCUT2D eigenvalue weighted by Gasteiger charge is 2.42. The summed E-state index contributed by atoms with van der Waals surface area (Å²) in [7, 11) is 0. The molecule has 92 valence electrons. The molecule has 0 atom stereocenters. The third-order valence-electron chi connectivity index (χ3n) is 1.59. The smallest absolute Gasteiger partial charge is 0.332 e. The van der Waals surface area contributed by atoms with E-state index in [0.29, 0.717) is 0 Å². The summed E-state index contributed by atoms with van der Waals surface area (Å²) in [6.45, 7) is 0. The average molecular weight is 251 g/mol. The second-order valence-electron chi connectivity index (χ2n) is 2.80. The molecule has 0 fully saturated rings. The fourth-order valence-electron chi connectivity index (χ4n) is 0.851. The zero-order valence-corrected chi connectivity index (χ0v) is 8.05. The lowest BCUT2D eigenvalue weighted by Crippen LogP contribution is -2.34. The van der Waals surface area contributed by atoms with Gasteiger partial charge in [0.25, 0.3) is 5.91 Å². The second kappa shape index (κ2) is 4.81. The fraction of sp³-hybridized carbons (Fsp3) is 0.111. The molecule has 0 bridgehead atoms. The van der Waals surface area contributed by atoms with Crippen LogP contribution in [0.5, 0.6) is 0 Å². The van der Waals surface area contributed by atoms with E-state index in [4.69, 9.17) is 0 Å². The Morgan fingerprint density at radius 2 is 1.76 bits per heavy atom. The van der Waals surface area contributed by atoms with Crippen LogP contribution in [0.2, 0.25) is 0 Å². The molecule has 0 aliphatic rings. The first-order valence-electron chi connectivity index (χ1n) is 4.15. The van der Waals surface area contributed by atoms with E-state index in [1.165, 1.54) is 17.6 Å². The van der Waals surface area contributed by atoms with Crippen molar-refractivity contribution in [1.29, 1.82) is 0 Å². The third kappa shape index (κ3) is 3.44. The van der Waals surface area contributed by atoms with Gasteiger partial charge in [0.05, 0.1) is 5.56 Å². The number of carbonyl (C=O) groups excluding carboxylic acids is 2. The number of carbonyl (C=O) groups is 2. The van der Waals surface area contributed by atoms with Crippen molar-refractivity contribution in [1.82, 2.24) is 5.48 Å². The SMILES string of the molecule is O=C(NOC(=O)C(F)(F)F)c1ccccc1F. The van der Waals surface area contributed by atoms with E-state index in [-0.39, 0.29) is 0 Å². The van der Waals surface area contributed by atoms with Crippen LogP contribution in [0, 0.1) is 5.82 Å². The molecule has 0 heterocycles. The number of halogens is 4. The van der Waals surface area contributed by atoms with Gasteiger partial charge in [-0.1, -0.05) is 12.1 Å². The zero-order valence-electron chi connectivity index (χ0n) is 8.05.